The van der Waals surface area contributed by atoms with Gasteiger partial charge in [-0.05, 0) is 31.0 Å². The summed E-state index contributed by atoms with van der Waals surface area (Å²) in [5.74, 6) is 0.894. The molecule has 140 valence electrons. The van der Waals surface area contributed by atoms with Crippen LogP contribution in [0.25, 0.3) is 11.0 Å². The van der Waals surface area contributed by atoms with Gasteiger partial charge < -0.3 is 20.9 Å². The molecule has 1 fully saturated rings. The number of carbonyl (C=O) groups excluding carboxylic acids is 1. The fourth-order valence-corrected chi connectivity index (χ4v) is 3.93. The number of benzene rings is 2. The molecule has 4 rings (SSSR count). The van der Waals surface area contributed by atoms with E-state index >= 15 is 0 Å². The third-order valence-corrected chi connectivity index (χ3v) is 5.29. The maximum Gasteiger partial charge on any atom is 0.233 e. The molecule has 3 atom stereocenters. The molecule has 6 nitrogen and oxygen atoms in total. The Morgan fingerprint density at radius 2 is 2.00 bits per heavy atom. The Balaban J connectivity index is 1.70. The minimum Gasteiger partial charge on any atom is -0.351 e. The molecule has 1 saturated heterocycles. The molecule has 1 amide bonds. The summed E-state index contributed by atoms with van der Waals surface area (Å²) in [6, 6.07) is 19.0. The van der Waals surface area contributed by atoms with E-state index in [4.69, 9.17) is 10.7 Å². The van der Waals surface area contributed by atoms with Crippen molar-refractivity contribution in [3.63, 3.8) is 0 Å². The predicted octanol–water partition coefficient (Wildman–Crippen LogP) is 2.12. The van der Waals surface area contributed by atoms with Crippen molar-refractivity contribution in [3.05, 3.63) is 66.0 Å². The summed E-state index contributed by atoms with van der Waals surface area (Å²) in [7, 11) is 0. The second kappa shape index (κ2) is 7.50. The van der Waals surface area contributed by atoms with Crippen LogP contribution in [0.15, 0.2) is 54.6 Å². The number of nitrogens with one attached hydrogen (secondary N) is 2. The fraction of sp³-hybridized carbons (Fsp3) is 0.333. The van der Waals surface area contributed by atoms with Gasteiger partial charge in [-0.1, -0.05) is 42.5 Å². The minimum absolute atomic E-state index is 0.0186. The van der Waals surface area contributed by atoms with Crippen LogP contribution < -0.4 is 16.4 Å². The normalized spacial score (nSPS) is 20.7. The van der Waals surface area contributed by atoms with Crippen molar-refractivity contribution < 1.29 is 4.79 Å². The van der Waals surface area contributed by atoms with Gasteiger partial charge in [-0.2, -0.15) is 0 Å². The molecule has 4 N–H and O–H groups in total. The van der Waals surface area contributed by atoms with E-state index in [9.17, 15) is 4.79 Å². The summed E-state index contributed by atoms with van der Waals surface area (Å²) in [6.07, 6.45) is 0.802. The number of hydrogen-bond donors (Lipinski definition) is 3. The topological polar surface area (TPSA) is 85.0 Å². The van der Waals surface area contributed by atoms with Crippen molar-refractivity contribution in [2.75, 3.05) is 13.1 Å². The van der Waals surface area contributed by atoms with Gasteiger partial charge in [0.15, 0.2) is 0 Å². The molecule has 0 aliphatic carbocycles. The Kier molecular flexibility index (Phi) is 4.92. The first-order valence-corrected chi connectivity index (χ1v) is 9.42. The lowest BCUT2D eigenvalue weighted by Crippen LogP contribution is -2.39. The Morgan fingerprint density at radius 1 is 1.26 bits per heavy atom. The Bertz CT molecular complexity index is 936. The van der Waals surface area contributed by atoms with Crippen molar-refractivity contribution in [2.45, 2.75) is 31.5 Å². The first-order chi connectivity index (χ1) is 13.2. The molecule has 6 heteroatoms. The number of rotatable bonds is 5. The van der Waals surface area contributed by atoms with Crippen LogP contribution in [0.4, 0.5) is 0 Å². The second-order valence-electron chi connectivity index (χ2n) is 7.08. The average molecular weight is 363 g/mol. The van der Waals surface area contributed by atoms with E-state index in [0.717, 1.165) is 29.8 Å². The van der Waals surface area contributed by atoms with E-state index in [2.05, 4.69) is 58.5 Å². The summed E-state index contributed by atoms with van der Waals surface area (Å²) >= 11 is 0. The summed E-state index contributed by atoms with van der Waals surface area (Å²) in [6.45, 7) is 2.94. The maximum absolute atomic E-state index is 11.6. The Labute approximate surface area is 158 Å². The van der Waals surface area contributed by atoms with Gasteiger partial charge in [-0.3, -0.25) is 4.79 Å². The lowest BCUT2D eigenvalue weighted by atomic mass is 10.1. The quantitative estimate of drug-likeness (QED) is 0.648. The van der Waals surface area contributed by atoms with Crippen molar-refractivity contribution in [1.29, 1.82) is 0 Å². The lowest BCUT2D eigenvalue weighted by molar-refractivity contribution is -0.120. The number of amides is 1. The van der Waals surface area contributed by atoms with Crippen molar-refractivity contribution >= 4 is 16.9 Å². The number of carbonyl (C=O) groups is 1. The standard InChI is InChI=1S/C21H25N5O/c1-14(15-7-3-2-4-8-15)26-19-10-6-5-9-17(19)25-21(26)18-11-16(13-23-18)24-20(27)12-22/h2-10,14,16,18,23H,11-13,22H2,1H3,(H,24,27)/t14?,16-,18+/m1/s1. The molecule has 3 aromatic rings. The van der Waals surface area contributed by atoms with Crippen LogP contribution in [0.5, 0.6) is 0 Å². The van der Waals surface area contributed by atoms with Crippen LogP contribution in [-0.2, 0) is 4.79 Å². The van der Waals surface area contributed by atoms with Gasteiger partial charge in [0.25, 0.3) is 0 Å². The minimum atomic E-state index is -0.117. The number of nitrogens with two attached hydrogens (primary N) is 1. The number of nitrogens with zero attached hydrogens (tertiary/aromatic N) is 2. The zero-order valence-electron chi connectivity index (χ0n) is 15.4. The van der Waals surface area contributed by atoms with Crippen molar-refractivity contribution in [2.24, 2.45) is 5.73 Å². The van der Waals surface area contributed by atoms with Gasteiger partial charge in [0.2, 0.25) is 5.91 Å². The highest BCUT2D eigenvalue weighted by atomic mass is 16.1. The number of imidazole rings is 1. The van der Waals surface area contributed by atoms with Gasteiger partial charge in [-0.25, -0.2) is 4.98 Å². The number of aromatic nitrogens is 2. The number of fused-ring (bicyclic) bond motifs is 1. The van der Waals surface area contributed by atoms with Gasteiger partial charge >= 0.3 is 0 Å². The summed E-state index contributed by atoms with van der Waals surface area (Å²) < 4.78 is 2.31. The van der Waals surface area contributed by atoms with Crippen LogP contribution in [-0.4, -0.2) is 34.6 Å². The van der Waals surface area contributed by atoms with E-state index in [1.165, 1.54) is 5.56 Å². The largest absolute Gasteiger partial charge is 0.351 e. The molecule has 2 aromatic carbocycles. The molecule has 2 heterocycles. The molecule has 0 saturated carbocycles. The van der Waals surface area contributed by atoms with Gasteiger partial charge in [0.1, 0.15) is 5.82 Å². The lowest BCUT2D eigenvalue weighted by Gasteiger charge is -2.21. The number of hydrogen-bond acceptors (Lipinski definition) is 4. The predicted molar refractivity (Wildman–Crippen MR) is 106 cm³/mol. The van der Waals surface area contributed by atoms with Gasteiger partial charge in [0, 0.05) is 12.6 Å². The maximum atomic E-state index is 11.6. The molecule has 27 heavy (non-hydrogen) atoms. The Hall–Kier alpha value is -2.70. The van der Waals surface area contributed by atoms with Crippen LogP contribution >= 0.6 is 0 Å². The van der Waals surface area contributed by atoms with E-state index in [-0.39, 0.29) is 30.6 Å². The first kappa shape index (κ1) is 17.7. The van der Waals surface area contributed by atoms with Crippen LogP contribution in [0, 0.1) is 0 Å². The third-order valence-electron chi connectivity index (χ3n) is 5.29. The van der Waals surface area contributed by atoms with E-state index < -0.39 is 0 Å². The smallest absolute Gasteiger partial charge is 0.233 e. The molecule has 0 bridgehead atoms. The van der Waals surface area contributed by atoms with E-state index in [1.807, 2.05) is 18.2 Å². The zero-order chi connectivity index (χ0) is 18.8. The Morgan fingerprint density at radius 3 is 2.78 bits per heavy atom. The highest BCUT2D eigenvalue weighted by Crippen LogP contribution is 2.32. The monoisotopic (exact) mass is 363 g/mol. The molecule has 0 radical (unpaired) electrons. The summed E-state index contributed by atoms with van der Waals surface area (Å²) in [4.78, 5) is 16.6. The summed E-state index contributed by atoms with van der Waals surface area (Å²) in [5.41, 5.74) is 8.79. The molecule has 1 aliphatic heterocycles. The average Bonchev–Trinajstić information content (AvgIpc) is 3.32. The molecular weight excluding hydrogens is 338 g/mol. The fourth-order valence-electron chi connectivity index (χ4n) is 3.93. The number of para-hydroxylation sites is 2. The van der Waals surface area contributed by atoms with E-state index in [1.54, 1.807) is 0 Å². The SMILES string of the molecule is CC(c1ccccc1)n1c([C@@H]2C[C@@H](NC(=O)CN)CN2)nc2ccccc21. The molecule has 1 aliphatic rings. The van der Waals surface area contributed by atoms with Crippen LogP contribution in [0.2, 0.25) is 0 Å². The van der Waals surface area contributed by atoms with Gasteiger partial charge in [-0.15, -0.1) is 0 Å². The van der Waals surface area contributed by atoms with Crippen molar-refractivity contribution in [1.82, 2.24) is 20.2 Å². The van der Waals surface area contributed by atoms with Crippen LogP contribution in [0.1, 0.15) is 36.8 Å². The highest BCUT2D eigenvalue weighted by Gasteiger charge is 2.31. The van der Waals surface area contributed by atoms with Gasteiger partial charge in [0.05, 0.1) is 29.7 Å². The highest BCUT2D eigenvalue weighted by molar-refractivity contribution is 5.78. The molecular formula is C21H25N5O. The molecule has 1 unspecified atom stereocenters. The van der Waals surface area contributed by atoms with E-state index in [0.29, 0.717) is 0 Å². The van der Waals surface area contributed by atoms with Crippen LogP contribution in [0.3, 0.4) is 0 Å². The first-order valence-electron chi connectivity index (χ1n) is 9.42. The summed E-state index contributed by atoms with van der Waals surface area (Å²) in [5, 5.41) is 6.50. The van der Waals surface area contributed by atoms with Crippen molar-refractivity contribution in [3.8, 4) is 0 Å². The molecule has 1 aromatic heterocycles. The second-order valence-corrected chi connectivity index (χ2v) is 7.08. The third kappa shape index (κ3) is 3.46. The zero-order valence-corrected chi connectivity index (χ0v) is 15.4. The molecule has 0 spiro atoms.